The molecule has 0 bridgehead atoms. The molecule has 1 radical (unpaired) electrons. The molecule has 1 amide bonds. The first-order valence-electron chi connectivity index (χ1n) is 2.20. The predicted octanol–water partition coefficient (Wildman–Crippen LogP) is -1.13. The minimum absolute atomic E-state index is 0. The Bertz CT molecular complexity index is 106. The van der Waals surface area contributed by atoms with E-state index in [4.69, 9.17) is 5.11 Å². The fourth-order valence-corrected chi connectivity index (χ4v) is 0.520. The van der Waals surface area contributed by atoms with Crippen LogP contribution in [0.3, 0.4) is 0 Å². The molecule has 43 valence electrons. The predicted molar refractivity (Wildman–Crippen MR) is 23.6 cm³/mol. The molecule has 1 heterocycles. The third kappa shape index (κ3) is 1.43. The number of carbonyl (C=O) groups is 1. The molecule has 1 aliphatic heterocycles. The van der Waals surface area contributed by atoms with Crippen molar-refractivity contribution in [3.8, 4) is 0 Å². The van der Waals surface area contributed by atoms with Crippen molar-refractivity contribution < 1.29 is 54.0 Å². The number of aliphatic hydroxyl groups excluding tert-OH is 1. The van der Waals surface area contributed by atoms with Crippen LogP contribution in [0.25, 0.3) is 0 Å². The number of rotatable bonds is 0. The van der Waals surface area contributed by atoms with Crippen LogP contribution in [0.1, 0.15) is 6.92 Å². The van der Waals surface area contributed by atoms with Gasteiger partial charge in [0, 0.05) is 44.1 Å². The number of hydrogen-bond donors (Lipinski definition) is 2. The van der Waals surface area contributed by atoms with Crippen molar-refractivity contribution in [2.75, 3.05) is 0 Å². The number of aliphatic hydroxyl groups is 1. The molecule has 4 heteroatoms. The molecular formula is C4H7AcNO2. The first-order valence-corrected chi connectivity index (χ1v) is 2.20. The maximum Gasteiger partial charge on any atom is 0.251 e. The summed E-state index contributed by atoms with van der Waals surface area (Å²) >= 11 is 0. The number of carbonyl (C=O) groups excluding carboxylic acids is 1. The van der Waals surface area contributed by atoms with E-state index in [2.05, 4.69) is 5.32 Å². The number of nitrogens with one attached hydrogen (secondary N) is 1. The van der Waals surface area contributed by atoms with E-state index in [1.807, 2.05) is 0 Å². The SMILES string of the molecule is CC1NC(=O)C1O.[Ac]. The van der Waals surface area contributed by atoms with Crippen LogP contribution in [0.2, 0.25) is 0 Å². The molecule has 2 atom stereocenters. The minimum Gasteiger partial charge on any atom is -0.381 e. The van der Waals surface area contributed by atoms with Gasteiger partial charge in [0.05, 0.1) is 6.04 Å². The first-order chi connectivity index (χ1) is 3.22. The van der Waals surface area contributed by atoms with Crippen LogP contribution in [-0.2, 0) is 4.79 Å². The molecule has 1 aliphatic rings. The second kappa shape index (κ2) is 3.14. The summed E-state index contributed by atoms with van der Waals surface area (Å²) in [6.07, 6.45) is -0.750. The Morgan fingerprint density at radius 3 is 2.25 bits per heavy atom. The Morgan fingerprint density at radius 1 is 1.75 bits per heavy atom. The molecule has 0 aromatic heterocycles. The molecule has 1 saturated heterocycles. The molecule has 0 saturated carbocycles. The van der Waals surface area contributed by atoms with Gasteiger partial charge >= 0.3 is 0 Å². The van der Waals surface area contributed by atoms with Gasteiger partial charge in [-0.2, -0.15) is 0 Å². The molecular weight excluding hydrogens is 321 g/mol. The average Bonchev–Trinajstić information content (AvgIpc) is 1.68. The Hall–Kier alpha value is 0.872. The van der Waals surface area contributed by atoms with Crippen LogP contribution < -0.4 is 5.32 Å². The van der Waals surface area contributed by atoms with Gasteiger partial charge in [-0.15, -0.1) is 0 Å². The summed E-state index contributed by atoms with van der Waals surface area (Å²) in [6, 6.07) is -0.0347. The van der Waals surface area contributed by atoms with Gasteiger partial charge < -0.3 is 10.4 Å². The van der Waals surface area contributed by atoms with Crippen molar-refractivity contribution in [3.05, 3.63) is 0 Å². The largest absolute Gasteiger partial charge is 0.381 e. The van der Waals surface area contributed by atoms with Gasteiger partial charge in [0.25, 0.3) is 5.91 Å². The Morgan fingerprint density at radius 2 is 2.25 bits per heavy atom. The van der Waals surface area contributed by atoms with Crippen LogP contribution in [0.15, 0.2) is 0 Å². The standard InChI is InChI=1S/C4H7NO2.Ac/c1-2-3(6)4(7)5-2;/h2-3,6H,1H3,(H,5,7);. The smallest absolute Gasteiger partial charge is 0.251 e. The summed E-state index contributed by atoms with van der Waals surface area (Å²) in [5, 5.41) is 11.0. The molecule has 2 N–H and O–H groups in total. The first kappa shape index (κ1) is 8.87. The number of hydrogen-bond acceptors (Lipinski definition) is 2. The molecule has 8 heavy (non-hydrogen) atoms. The topological polar surface area (TPSA) is 49.3 Å². The molecule has 2 unspecified atom stereocenters. The van der Waals surface area contributed by atoms with Crippen LogP contribution in [0.4, 0.5) is 0 Å². The summed E-state index contributed by atoms with van der Waals surface area (Å²) in [5.74, 6) is -0.257. The fourth-order valence-electron chi connectivity index (χ4n) is 0.520. The zero-order valence-electron chi connectivity index (χ0n) is 4.59. The molecule has 0 spiro atoms. The number of amides is 1. The van der Waals surface area contributed by atoms with Crippen LogP contribution >= 0.6 is 0 Å². The van der Waals surface area contributed by atoms with Crippen molar-refractivity contribution in [1.29, 1.82) is 0 Å². The van der Waals surface area contributed by atoms with Gasteiger partial charge in [0.2, 0.25) is 0 Å². The van der Waals surface area contributed by atoms with E-state index in [1.54, 1.807) is 6.92 Å². The molecule has 3 nitrogen and oxygen atoms in total. The van der Waals surface area contributed by atoms with Crippen molar-refractivity contribution in [1.82, 2.24) is 5.32 Å². The summed E-state index contributed by atoms with van der Waals surface area (Å²) in [7, 11) is 0. The molecule has 1 fully saturated rings. The van der Waals surface area contributed by atoms with Crippen molar-refractivity contribution >= 4 is 5.91 Å². The van der Waals surface area contributed by atoms with E-state index < -0.39 is 6.10 Å². The van der Waals surface area contributed by atoms with Gasteiger partial charge in [-0.3, -0.25) is 4.79 Å². The van der Waals surface area contributed by atoms with Gasteiger partial charge in [0.1, 0.15) is 0 Å². The van der Waals surface area contributed by atoms with Crippen LogP contribution in [0, 0.1) is 44.1 Å². The van der Waals surface area contributed by atoms with E-state index >= 15 is 0 Å². The second-order valence-corrected chi connectivity index (χ2v) is 1.74. The van der Waals surface area contributed by atoms with Gasteiger partial charge in [-0.05, 0) is 6.92 Å². The zero-order valence-corrected chi connectivity index (χ0v) is 9.33. The van der Waals surface area contributed by atoms with Gasteiger partial charge in [-0.1, -0.05) is 0 Å². The Kier molecular flexibility index (Phi) is 3.49. The minimum atomic E-state index is -0.750. The van der Waals surface area contributed by atoms with Crippen LogP contribution in [0.5, 0.6) is 0 Å². The second-order valence-electron chi connectivity index (χ2n) is 1.74. The van der Waals surface area contributed by atoms with E-state index in [-0.39, 0.29) is 56.0 Å². The van der Waals surface area contributed by atoms with Crippen molar-refractivity contribution in [2.45, 2.75) is 19.1 Å². The van der Waals surface area contributed by atoms with Gasteiger partial charge in [-0.25, -0.2) is 0 Å². The van der Waals surface area contributed by atoms with E-state index in [1.165, 1.54) is 0 Å². The maximum atomic E-state index is 10.1. The van der Waals surface area contributed by atoms with E-state index in [0.29, 0.717) is 0 Å². The average molecular weight is 328 g/mol. The monoisotopic (exact) mass is 328 g/mol. The molecule has 0 aliphatic carbocycles. The van der Waals surface area contributed by atoms with E-state index in [0.717, 1.165) is 0 Å². The van der Waals surface area contributed by atoms with Crippen molar-refractivity contribution in [2.24, 2.45) is 0 Å². The Balaban J connectivity index is 0.000000490. The summed E-state index contributed by atoms with van der Waals surface area (Å²) in [4.78, 5) is 10.1. The molecule has 0 aromatic rings. The van der Waals surface area contributed by atoms with E-state index in [9.17, 15) is 4.79 Å². The normalized spacial score (nSPS) is 34.5. The van der Waals surface area contributed by atoms with Crippen molar-refractivity contribution in [3.63, 3.8) is 0 Å². The molecule has 1 rings (SSSR count). The van der Waals surface area contributed by atoms with Gasteiger partial charge in [0.15, 0.2) is 6.10 Å². The quantitative estimate of drug-likeness (QED) is 0.553. The molecule has 0 aromatic carbocycles. The summed E-state index contributed by atoms with van der Waals surface area (Å²) in [6.45, 7) is 1.76. The van der Waals surface area contributed by atoms with Crippen LogP contribution in [-0.4, -0.2) is 23.2 Å². The third-order valence-electron chi connectivity index (χ3n) is 1.11. The third-order valence-corrected chi connectivity index (χ3v) is 1.11. The Labute approximate surface area is 83.4 Å². The maximum absolute atomic E-state index is 10.1. The zero-order chi connectivity index (χ0) is 5.44. The number of β-lactam (4-membered cyclic amide) rings is 1. The summed E-state index contributed by atoms with van der Waals surface area (Å²) < 4.78 is 0. The summed E-state index contributed by atoms with van der Waals surface area (Å²) in [5.41, 5.74) is 0. The fraction of sp³-hybridized carbons (Fsp3) is 0.750.